The van der Waals surface area contributed by atoms with Gasteiger partial charge < -0.3 is 10.6 Å². The lowest BCUT2D eigenvalue weighted by Crippen LogP contribution is -2.34. The molecule has 3 atom stereocenters. The van der Waals surface area contributed by atoms with E-state index in [1.807, 2.05) is 23.1 Å². The van der Waals surface area contributed by atoms with E-state index in [2.05, 4.69) is 28.7 Å². The summed E-state index contributed by atoms with van der Waals surface area (Å²) in [5.41, 5.74) is 7.25. The molecule has 1 aromatic rings. The van der Waals surface area contributed by atoms with Crippen molar-refractivity contribution in [3.63, 3.8) is 0 Å². The number of carbonyl (C=O) groups excluding carboxylic acids is 1. The van der Waals surface area contributed by atoms with E-state index in [4.69, 9.17) is 5.73 Å². The normalized spacial score (nSPS) is 28.1. The minimum atomic E-state index is 0. The van der Waals surface area contributed by atoms with E-state index in [-0.39, 0.29) is 18.3 Å². The highest BCUT2D eigenvalue weighted by Crippen LogP contribution is 2.37. The Balaban J connectivity index is 0.00000147. The minimum Gasteiger partial charge on any atom is -0.342 e. The van der Waals surface area contributed by atoms with E-state index >= 15 is 0 Å². The van der Waals surface area contributed by atoms with Gasteiger partial charge in [0.15, 0.2) is 0 Å². The highest BCUT2D eigenvalue weighted by Gasteiger charge is 2.42. The van der Waals surface area contributed by atoms with Crippen LogP contribution in [0.5, 0.6) is 0 Å². The Labute approximate surface area is 139 Å². The molecule has 1 aromatic carbocycles. The van der Waals surface area contributed by atoms with Gasteiger partial charge in [-0.3, -0.25) is 4.79 Å². The van der Waals surface area contributed by atoms with Crippen LogP contribution >= 0.6 is 35.0 Å². The maximum atomic E-state index is 12.4. The Kier molecular flexibility index (Phi) is 5.31. The number of halogens is 2. The van der Waals surface area contributed by atoms with Gasteiger partial charge in [0, 0.05) is 22.7 Å². The molecule has 2 fully saturated rings. The van der Waals surface area contributed by atoms with Crippen LogP contribution in [0.2, 0.25) is 0 Å². The molecule has 0 bridgehead atoms. The summed E-state index contributed by atoms with van der Waals surface area (Å²) in [7, 11) is 0. The van der Waals surface area contributed by atoms with Gasteiger partial charge >= 0.3 is 0 Å². The van der Waals surface area contributed by atoms with Gasteiger partial charge in [0.2, 0.25) is 5.91 Å². The molecule has 5 heteroatoms. The molecule has 2 aliphatic rings. The van der Waals surface area contributed by atoms with E-state index < -0.39 is 0 Å². The average molecular weight is 407 g/mol. The van der Waals surface area contributed by atoms with Crippen molar-refractivity contribution >= 4 is 40.9 Å². The van der Waals surface area contributed by atoms with Gasteiger partial charge in [0.05, 0.1) is 6.42 Å². The molecule has 3 rings (SSSR count). The summed E-state index contributed by atoms with van der Waals surface area (Å²) in [5, 5.41) is 0. The molecule has 2 N–H and O–H groups in total. The summed E-state index contributed by atoms with van der Waals surface area (Å²) in [6.07, 6.45) is 2.85. The van der Waals surface area contributed by atoms with Crippen LogP contribution < -0.4 is 5.73 Å². The van der Waals surface area contributed by atoms with E-state index in [1.54, 1.807) is 0 Å². The zero-order valence-electron chi connectivity index (χ0n) is 11.3. The van der Waals surface area contributed by atoms with Gasteiger partial charge in [-0.05, 0) is 58.9 Å². The van der Waals surface area contributed by atoms with Crippen molar-refractivity contribution < 1.29 is 4.79 Å². The summed E-state index contributed by atoms with van der Waals surface area (Å²) in [6.45, 7) is 1.79. The standard InChI is InChI=1S/C15H19IN2O.ClH/c16-13-4-2-1-3-10(13)7-15(19)18-8-11-5-6-14(17)12(11)9-18;/h1-4,11-12,14H,5-9,17H2;1H. The Morgan fingerprint density at radius 3 is 2.75 bits per heavy atom. The molecule has 1 saturated heterocycles. The fraction of sp³-hybridized carbons (Fsp3) is 0.533. The Morgan fingerprint density at radius 1 is 1.30 bits per heavy atom. The van der Waals surface area contributed by atoms with Gasteiger partial charge in [-0.15, -0.1) is 12.4 Å². The molecule has 3 nitrogen and oxygen atoms in total. The number of fused-ring (bicyclic) bond motifs is 1. The molecule has 110 valence electrons. The lowest BCUT2D eigenvalue weighted by Gasteiger charge is -2.19. The number of hydrogen-bond acceptors (Lipinski definition) is 2. The second-order valence-electron chi connectivity index (χ2n) is 5.73. The highest BCUT2D eigenvalue weighted by molar-refractivity contribution is 14.1. The number of benzene rings is 1. The fourth-order valence-corrected chi connectivity index (χ4v) is 4.01. The van der Waals surface area contributed by atoms with E-state index in [0.29, 0.717) is 24.3 Å². The van der Waals surface area contributed by atoms with Crippen molar-refractivity contribution in [3.05, 3.63) is 33.4 Å². The monoisotopic (exact) mass is 406 g/mol. The molecule has 1 heterocycles. The number of hydrogen-bond donors (Lipinski definition) is 1. The SMILES string of the molecule is Cl.NC1CCC2CN(C(=O)Cc3ccccc3I)CC12. The van der Waals surface area contributed by atoms with Crippen molar-refractivity contribution in [2.24, 2.45) is 17.6 Å². The number of carbonyl (C=O) groups is 1. The molecule has 1 saturated carbocycles. The Bertz CT molecular complexity index is 497. The number of likely N-dealkylation sites (tertiary alicyclic amines) is 1. The van der Waals surface area contributed by atoms with Crippen LogP contribution in [0.25, 0.3) is 0 Å². The van der Waals surface area contributed by atoms with Crippen LogP contribution in [0, 0.1) is 15.4 Å². The molecule has 0 aromatic heterocycles. The number of amides is 1. The predicted octanol–water partition coefficient (Wildman–Crippen LogP) is 2.45. The van der Waals surface area contributed by atoms with Crippen LogP contribution in [0.15, 0.2) is 24.3 Å². The Hall–Kier alpha value is -0.330. The lowest BCUT2D eigenvalue weighted by molar-refractivity contribution is -0.129. The first-order valence-corrected chi connectivity index (χ1v) is 8.00. The zero-order valence-corrected chi connectivity index (χ0v) is 14.3. The minimum absolute atomic E-state index is 0. The molecule has 1 aliphatic carbocycles. The third-order valence-electron chi connectivity index (χ3n) is 4.56. The maximum Gasteiger partial charge on any atom is 0.227 e. The van der Waals surface area contributed by atoms with E-state index in [1.165, 1.54) is 9.99 Å². The van der Waals surface area contributed by atoms with Crippen molar-refractivity contribution in [2.45, 2.75) is 25.3 Å². The largest absolute Gasteiger partial charge is 0.342 e. The van der Waals surface area contributed by atoms with Gasteiger partial charge in [-0.2, -0.15) is 0 Å². The first kappa shape index (κ1) is 16.0. The van der Waals surface area contributed by atoms with Crippen LogP contribution in [0.1, 0.15) is 18.4 Å². The number of nitrogens with two attached hydrogens (primary N) is 1. The zero-order chi connectivity index (χ0) is 13.4. The molecule has 20 heavy (non-hydrogen) atoms. The first-order valence-electron chi connectivity index (χ1n) is 6.92. The van der Waals surface area contributed by atoms with Crippen LogP contribution in [-0.2, 0) is 11.2 Å². The molecular formula is C15H20ClIN2O. The van der Waals surface area contributed by atoms with Crippen LogP contribution in [0.3, 0.4) is 0 Å². The smallest absolute Gasteiger partial charge is 0.227 e. The average Bonchev–Trinajstić information content (AvgIpc) is 2.95. The van der Waals surface area contributed by atoms with Crippen molar-refractivity contribution in [3.8, 4) is 0 Å². The third-order valence-corrected chi connectivity index (χ3v) is 5.62. The van der Waals surface area contributed by atoms with Crippen molar-refractivity contribution in [1.82, 2.24) is 4.90 Å². The molecule has 3 unspecified atom stereocenters. The molecule has 1 aliphatic heterocycles. The second-order valence-corrected chi connectivity index (χ2v) is 6.89. The molecular weight excluding hydrogens is 387 g/mol. The summed E-state index contributed by atoms with van der Waals surface area (Å²) < 4.78 is 1.17. The lowest BCUT2D eigenvalue weighted by atomic mass is 9.98. The van der Waals surface area contributed by atoms with E-state index in [0.717, 1.165) is 25.1 Å². The summed E-state index contributed by atoms with van der Waals surface area (Å²) >= 11 is 2.30. The molecule has 1 amide bonds. The Morgan fingerprint density at radius 2 is 2.05 bits per heavy atom. The molecule has 0 radical (unpaired) electrons. The van der Waals surface area contributed by atoms with Crippen LogP contribution in [-0.4, -0.2) is 29.9 Å². The highest BCUT2D eigenvalue weighted by atomic mass is 127. The van der Waals surface area contributed by atoms with Gasteiger partial charge in [0.25, 0.3) is 0 Å². The second kappa shape index (κ2) is 6.62. The fourth-order valence-electron chi connectivity index (χ4n) is 3.43. The maximum absolute atomic E-state index is 12.4. The summed E-state index contributed by atoms with van der Waals surface area (Å²) in [5.74, 6) is 1.44. The van der Waals surface area contributed by atoms with Crippen LogP contribution in [0.4, 0.5) is 0 Å². The first-order chi connectivity index (χ1) is 9.15. The van der Waals surface area contributed by atoms with Gasteiger partial charge in [-0.1, -0.05) is 18.2 Å². The quantitative estimate of drug-likeness (QED) is 0.767. The van der Waals surface area contributed by atoms with Crippen molar-refractivity contribution in [2.75, 3.05) is 13.1 Å². The molecule has 0 spiro atoms. The summed E-state index contributed by atoms with van der Waals surface area (Å²) in [6, 6.07) is 8.41. The van der Waals surface area contributed by atoms with Crippen molar-refractivity contribution in [1.29, 1.82) is 0 Å². The predicted molar refractivity (Wildman–Crippen MR) is 90.9 cm³/mol. The number of rotatable bonds is 2. The van der Waals surface area contributed by atoms with Gasteiger partial charge in [0.1, 0.15) is 0 Å². The summed E-state index contributed by atoms with van der Waals surface area (Å²) in [4.78, 5) is 14.4. The van der Waals surface area contributed by atoms with E-state index in [9.17, 15) is 4.79 Å². The van der Waals surface area contributed by atoms with Gasteiger partial charge in [-0.25, -0.2) is 0 Å². The topological polar surface area (TPSA) is 46.3 Å². The third kappa shape index (κ3) is 3.12. The number of nitrogens with zero attached hydrogens (tertiary/aromatic N) is 1.